The second-order valence-electron chi connectivity index (χ2n) is 11.7. The molecule has 10 atom stereocenters. The summed E-state index contributed by atoms with van der Waals surface area (Å²) in [6, 6.07) is 5.20. The Kier molecular flexibility index (Phi) is 14.0. The van der Waals surface area contributed by atoms with Crippen LogP contribution in [0, 0.1) is 12.8 Å². The second kappa shape index (κ2) is 17.0. The third-order valence-electron chi connectivity index (χ3n) is 7.79. The molecule has 0 radical (unpaired) electrons. The molecule has 2 fully saturated rings. The standard InChI is InChI=1S/C30H48O13/c1-16(2)9-6-4-5-7-12-21(33)39-15-18-11-8-10-17(3)27(18)42-30-26(38)24(36)28(20(14-32)41-30)43-29-25(37)23(35)22(34)19(13-31)40-29/h8,10-11,16,19-20,22-26,28-32,34-38H,4-7,9,12-15H2,1-3H3. The van der Waals surface area contributed by atoms with E-state index in [1.807, 2.05) is 0 Å². The lowest BCUT2D eigenvalue weighted by atomic mass is 9.97. The Morgan fingerprint density at radius 3 is 2.16 bits per heavy atom. The summed E-state index contributed by atoms with van der Waals surface area (Å²) in [5, 5.41) is 71.6. The summed E-state index contributed by atoms with van der Waals surface area (Å²) in [5.74, 6) is 0.597. The number of aryl methyl sites for hydroxylation is 1. The lowest BCUT2D eigenvalue weighted by Crippen LogP contribution is -2.65. The molecule has 43 heavy (non-hydrogen) atoms. The van der Waals surface area contributed by atoms with E-state index in [-0.39, 0.29) is 18.3 Å². The highest BCUT2D eigenvalue weighted by Crippen LogP contribution is 2.32. The van der Waals surface area contributed by atoms with Gasteiger partial charge in [0.2, 0.25) is 6.29 Å². The Balaban J connectivity index is 1.61. The van der Waals surface area contributed by atoms with Crippen molar-refractivity contribution in [3.63, 3.8) is 0 Å². The number of hydrogen-bond donors (Lipinski definition) is 7. The van der Waals surface area contributed by atoms with Gasteiger partial charge in [0, 0.05) is 12.0 Å². The lowest BCUT2D eigenvalue weighted by molar-refractivity contribution is -0.352. The molecule has 0 bridgehead atoms. The molecule has 3 rings (SSSR count). The number of rotatable bonds is 15. The van der Waals surface area contributed by atoms with Crippen LogP contribution in [-0.4, -0.2) is 116 Å². The molecule has 0 aliphatic carbocycles. The van der Waals surface area contributed by atoms with Crippen molar-refractivity contribution >= 4 is 5.97 Å². The van der Waals surface area contributed by atoms with Crippen molar-refractivity contribution in [1.29, 1.82) is 0 Å². The van der Waals surface area contributed by atoms with Gasteiger partial charge in [0.1, 0.15) is 61.2 Å². The number of hydrogen-bond acceptors (Lipinski definition) is 13. The van der Waals surface area contributed by atoms with Crippen molar-refractivity contribution in [1.82, 2.24) is 0 Å². The molecule has 2 aliphatic rings. The van der Waals surface area contributed by atoms with Gasteiger partial charge in [-0.3, -0.25) is 4.79 Å². The highest BCUT2D eigenvalue weighted by atomic mass is 16.7. The zero-order chi connectivity index (χ0) is 31.7. The Morgan fingerprint density at radius 2 is 1.49 bits per heavy atom. The Hall–Kier alpha value is -1.91. The van der Waals surface area contributed by atoms with Crippen molar-refractivity contribution in [2.75, 3.05) is 13.2 Å². The molecule has 0 amide bonds. The van der Waals surface area contributed by atoms with Crippen LogP contribution in [0.25, 0.3) is 0 Å². The Labute approximate surface area is 251 Å². The van der Waals surface area contributed by atoms with Crippen LogP contribution in [0.15, 0.2) is 18.2 Å². The zero-order valence-corrected chi connectivity index (χ0v) is 25.0. The van der Waals surface area contributed by atoms with Crippen LogP contribution in [0.2, 0.25) is 0 Å². The van der Waals surface area contributed by atoms with E-state index >= 15 is 0 Å². The SMILES string of the molecule is Cc1cccc(COC(=O)CCCCCCC(C)C)c1OC1OC(CO)C(OC2OC(CO)C(O)C(O)C2O)C(O)C1O. The molecule has 13 nitrogen and oxygen atoms in total. The first-order valence-electron chi connectivity index (χ1n) is 15.0. The van der Waals surface area contributed by atoms with E-state index < -0.39 is 74.6 Å². The summed E-state index contributed by atoms with van der Waals surface area (Å²) >= 11 is 0. The van der Waals surface area contributed by atoms with Gasteiger partial charge in [-0.05, 0) is 24.8 Å². The molecule has 2 aliphatic heterocycles. The van der Waals surface area contributed by atoms with Crippen LogP contribution >= 0.6 is 0 Å². The summed E-state index contributed by atoms with van der Waals surface area (Å²) in [6.07, 6.45) is -10.3. The summed E-state index contributed by atoms with van der Waals surface area (Å²) in [7, 11) is 0. The Bertz CT molecular complexity index is 987. The highest BCUT2D eigenvalue weighted by molar-refractivity contribution is 5.69. The topological polar surface area (TPSA) is 205 Å². The molecule has 0 spiro atoms. The van der Waals surface area contributed by atoms with Crippen LogP contribution in [0.3, 0.4) is 0 Å². The van der Waals surface area contributed by atoms with Gasteiger partial charge in [0.25, 0.3) is 0 Å². The summed E-state index contributed by atoms with van der Waals surface area (Å²) in [6.45, 7) is 4.66. The number of esters is 1. The minimum absolute atomic E-state index is 0.0825. The monoisotopic (exact) mass is 616 g/mol. The first-order valence-corrected chi connectivity index (χ1v) is 15.0. The largest absolute Gasteiger partial charge is 0.461 e. The molecular formula is C30H48O13. The third-order valence-corrected chi connectivity index (χ3v) is 7.79. The molecule has 2 heterocycles. The molecule has 1 aromatic rings. The number of aliphatic hydroxyl groups excluding tert-OH is 7. The van der Waals surface area contributed by atoms with Gasteiger partial charge in [0.05, 0.1) is 13.2 Å². The lowest BCUT2D eigenvalue weighted by Gasteiger charge is -2.46. The number of ether oxygens (including phenoxy) is 5. The van der Waals surface area contributed by atoms with Crippen molar-refractivity contribution in [2.24, 2.45) is 5.92 Å². The average molecular weight is 617 g/mol. The first-order chi connectivity index (χ1) is 20.5. The van der Waals surface area contributed by atoms with E-state index in [0.717, 1.165) is 25.7 Å². The van der Waals surface area contributed by atoms with E-state index in [2.05, 4.69) is 13.8 Å². The maximum atomic E-state index is 12.3. The fraction of sp³-hybridized carbons (Fsp3) is 0.767. The zero-order valence-electron chi connectivity index (χ0n) is 25.0. The van der Waals surface area contributed by atoms with E-state index in [0.29, 0.717) is 23.5 Å². The second-order valence-corrected chi connectivity index (χ2v) is 11.7. The number of unbranched alkanes of at least 4 members (excludes halogenated alkanes) is 3. The quantitative estimate of drug-likeness (QED) is 0.103. The molecule has 13 heteroatoms. The molecule has 2 saturated heterocycles. The number of carbonyl (C=O) groups excluding carboxylic acids is 1. The molecule has 246 valence electrons. The van der Waals surface area contributed by atoms with Gasteiger partial charge in [-0.1, -0.05) is 57.7 Å². The van der Waals surface area contributed by atoms with E-state index in [1.165, 1.54) is 6.42 Å². The molecule has 7 N–H and O–H groups in total. The van der Waals surface area contributed by atoms with Gasteiger partial charge in [-0.2, -0.15) is 0 Å². The molecule has 0 saturated carbocycles. The van der Waals surface area contributed by atoms with Crippen LogP contribution < -0.4 is 4.74 Å². The molecule has 10 unspecified atom stereocenters. The first kappa shape index (κ1) is 35.6. The van der Waals surface area contributed by atoms with Gasteiger partial charge in [0.15, 0.2) is 6.29 Å². The maximum absolute atomic E-state index is 12.3. The number of benzene rings is 1. The van der Waals surface area contributed by atoms with Crippen molar-refractivity contribution < 1.29 is 64.2 Å². The van der Waals surface area contributed by atoms with E-state index in [1.54, 1.807) is 25.1 Å². The van der Waals surface area contributed by atoms with Crippen molar-refractivity contribution in [3.05, 3.63) is 29.3 Å². The van der Waals surface area contributed by atoms with Crippen LogP contribution in [0.5, 0.6) is 5.75 Å². The van der Waals surface area contributed by atoms with Gasteiger partial charge in [-0.15, -0.1) is 0 Å². The van der Waals surface area contributed by atoms with Gasteiger partial charge in [-0.25, -0.2) is 0 Å². The van der Waals surface area contributed by atoms with Crippen LogP contribution in [0.1, 0.15) is 63.5 Å². The summed E-state index contributed by atoms with van der Waals surface area (Å²) in [5.41, 5.74) is 1.15. The molecule has 1 aromatic carbocycles. The van der Waals surface area contributed by atoms with Gasteiger partial charge < -0.3 is 59.4 Å². The predicted molar refractivity (Wildman–Crippen MR) is 151 cm³/mol. The highest BCUT2D eigenvalue weighted by Gasteiger charge is 2.51. The minimum atomic E-state index is -1.77. The van der Waals surface area contributed by atoms with Crippen LogP contribution in [-0.2, 0) is 30.3 Å². The average Bonchev–Trinajstić information content (AvgIpc) is 2.98. The van der Waals surface area contributed by atoms with Crippen LogP contribution in [0.4, 0.5) is 0 Å². The fourth-order valence-electron chi connectivity index (χ4n) is 5.17. The molecular weight excluding hydrogens is 568 g/mol. The maximum Gasteiger partial charge on any atom is 0.306 e. The van der Waals surface area contributed by atoms with Crippen molar-refractivity contribution in [3.8, 4) is 5.75 Å². The minimum Gasteiger partial charge on any atom is -0.461 e. The van der Waals surface area contributed by atoms with Gasteiger partial charge >= 0.3 is 5.97 Å². The Morgan fingerprint density at radius 1 is 0.837 bits per heavy atom. The number of para-hydroxylation sites is 1. The van der Waals surface area contributed by atoms with Crippen molar-refractivity contribution in [2.45, 2.75) is 127 Å². The normalized spacial score (nSPS) is 33.0. The third kappa shape index (κ3) is 9.54. The summed E-state index contributed by atoms with van der Waals surface area (Å²) in [4.78, 5) is 12.3. The molecule has 0 aromatic heterocycles. The van der Waals surface area contributed by atoms with E-state index in [9.17, 15) is 40.5 Å². The number of carbonyl (C=O) groups is 1. The van der Waals surface area contributed by atoms with E-state index in [4.69, 9.17) is 23.7 Å². The fourth-order valence-corrected chi connectivity index (χ4v) is 5.17. The smallest absolute Gasteiger partial charge is 0.306 e. The summed E-state index contributed by atoms with van der Waals surface area (Å²) < 4.78 is 28.1. The predicted octanol–water partition coefficient (Wildman–Crippen LogP) is 0.0377. The number of aliphatic hydroxyl groups is 7.